The van der Waals surface area contributed by atoms with Crippen LogP contribution in [0.3, 0.4) is 0 Å². The second kappa shape index (κ2) is 16.3. The summed E-state index contributed by atoms with van der Waals surface area (Å²) in [6.07, 6.45) is 1.53. The quantitative estimate of drug-likeness (QED) is 0.0687. The molecule has 13 heteroatoms. The first-order valence-corrected chi connectivity index (χ1v) is 12.9. The highest BCUT2D eigenvalue weighted by atomic mass is 16.3. The zero-order valence-electron chi connectivity index (χ0n) is 22.2. The second-order valence-corrected chi connectivity index (χ2v) is 9.29. The summed E-state index contributed by atoms with van der Waals surface area (Å²) in [6, 6.07) is 12.7. The maximum Gasteiger partial charge on any atom is 0.243 e. The summed E-state index contributed by atoms with van der Waals surface area (Å²) in [5, 5.41) is 26.9. The molecule has 12 N–H and O–H groups in total. The molecule has 2 aromatic rings. The summed E-state index contributed by atoms with van der Waals surface area (Å²) in [5.41, 5.74) is 18.5. The largest absolute Gasteiger partial charge is 0.508 e. The smallest absolute Gasteiger partial charge is 0.243 e. The van der Waals surface area contributed by atoms with Gasteiger partial charge in [-0.1, -0.05) is 42.5 Å². The molecule has 3 atom stereocenters. The van der Waals surface area contributed by atoms with Crippen LogP contribution in [0, 0.1) is 5.41 Å². The van der Waals surface area contributed by atoms with Gasteiger partial charge in [0.15, 0.2) is 5.96 Å². The van der Waals surface area contributed by atoms with Crippen molar-refractivity contribution in [3.05, 3.63) is 65.7 Å². The summed E-state index contributed by atoms with van der Waals surface area (Å²) in [4.78, 5) is 50.0. The third kappa shape index (κ3) is 11.8. The SMILES string of the molecule is N=C(N)NCCC[C@@H](NC(=O)[C@@H](N)Cc1ccc(O)cc1)C(=O)NCC(=O)N[C@@H](CCc1ccccc1)C(N)=O. The fraction of sp³-hybridized carbons (Fsp3) is 0.370. The standard InChI is InChI=1S/C27H38N8O5/c28-20(15-18-8-11-19(36)12-9-18)25(39)35-22(7-4-14-32-27(30)31)26(40)33-16-23(37)34-21(24(29)38)13-10-17-5-2-1-3-6-17/h1-3,5-6,8-9,11-12,20-22,36H,4,7,10,13-16,28H2,(H2,29,38)(H,33,40)(H,34,37)(H,35,39)(H4,30,31,32)/t20-,21-,22+/m0/s1. The summed E-state index contributed by atoms with van der Waals surface area (Å²) in [6.45, 7) is -0.150. The molecule has 0 fully saturated rings. The Balaban J connectivity index is 1.93. The van der Waals surface area contributed by atoms with Crippen molar-refractivity contribution >= 4 is 29.6 Å². The highest BCUT2D eigenvalue weighted by molar-refractivity contribution is 5.93. The number of phenols is 1. The lowest BCUT2D eigenvalue weighted by Gasteiger charge is -2.21. The van der Waals surface area contributed by atoms with E-state index in [1.807, 2.05) is 30.3 Å². The minimum absolute atomic E-state index is 0.0834. The van der Waals surface area contributed by atoms with Crippen molar-refractivity contribution in [1.82, 2.24) is 21.3 Å². The average Bonchev–Trinajstić information content (AvgIpc) is 2.92. The topological polar surface area (TPSA) is 239 Å². The Morgan fingerprint density at radius 3 is 2.12 bits per heavy atom. The molecule has 0 bridgehead atoms. The van der Waals surface area contributed by atoms with Crippen LogP contribution in [0.5, 0.6) is 5.75 Å². The Morgan fingerprint density at radius 2 is 1.50 bits per heavy atom. The van der Waals surface area contributed by atoms with Crippen LogP contribution in [0.25, 0.3) is 0 Å². The van der Waals surface area contributed by atoms with Crippen molar-refractivity contribution in [2.75, 3.05) is 13.1 Å². The van der Waals surface area contributed by atoms with Crippen molar-refractivity contribution in [2.45, 2.75) is 50.2 Å². The van der Waals surface area contributed by atoms with Gasteiger partial charge in [0, 0.05) is 6.54 Å². The van der Waals surface area contributed by atoms with E-state index in [0.29, 0.717) is 19.3 Å². The third-order valence-corrected chi connectivity index (χ3v) is 6.01. The van der Waals surface area contributed by atoms with E-state index in [1.165, 1.54) is 12.1 Å². The first kappa shape index (κ1) is 31.6. The number of nitrogens with one attached hydrogen (secondary N) is 5. The Hall–Kier alpha value is -4.65. The van der Waals surface area contributed by atoms with E-state index in [9.17, 15) is 24.3 Å². The predicted molar refractivity (Wildman–Crippen MR) is 150 cm³/mol. The van der Waals surface area contributed by atoms with Crippen molar-refractivity contribution in [1.29, 1.82) is 5.41 Å². The van der Waals surface area contributed by atoms with Crippen LogP contribution in [0.1, 0.15) is 30.4 Å². The molecule has 0 aliphatic rings. The molecule has 0 unspecified atom stereocenters. The van der Waals surface area contributed by atoms with Gasteiger partial charge in [-0.25, -0.2) is 0 Å². The van der Waals surface area contributed by atoms with E-state index in [1.54, 1.807) is 12.1 Å². The zero-order chi connectivity index (χ0) is 29.5. The fourth-order valence-corrected chi connectivity index (χ4v) is 3.83. The molecule has 0 radical (unpaired) electrons. The normalized spacial score (nSPS) is 12.8. The number of hydrogen-bond donors (Lipinski definition) is 9. The molecule has 0 aromatic heterocycles. The molecule has 4 amide bonds. The Kier molecular flexibility index (Phi) is 12.9. The number of carbonyl (C=O) groups is 4. The van der Waals surface area contributed by atoms with Gasteiger partial charge in [0.1, 0.15) is 17.8 Å². The highest BCUT2D eigenvalue weighted by Crippen LogP contribution is 2.11. The molecule has 0 saturated heterocycles. The lowest BCUT2D eigenvalue weighted by molar-refractivity contribution is -0.131. The van der Waals surface area contributed by atoms with Gasteiger partial charge in [0.25, 0.3) is 0 Å². The summed E-state index contributed by atoms with van der Waals surface area (Å²) in [5.74, 6) is -2.65. The van der Waals surface area contributed by atoms with E-state index in [2.05, 4.69) is 21.3 Å². The van der Waals surface area contributed by atoms with Crippen LogP contribution in [0.15, 0.2) is 54.6 Å². The lowest BCUT2D eigenvalue weighted by atomic mass is 10.0. The molecule has 13 nitrogen and oxygen atoms in total. The van der Waals surface area contributed by atoms with Gasteiger partial charge < -0.3 is 43.6 Å². The zero-order valence-corrected chi connectivity index (χ0v) is 22.2. The van der Waals surface area contributed by atoms with Gasteiger partial charge >= 0.3 is 0 Å². The van der Waals surface area contributed by atoms with Crippen LogP contribution in [0.2, 0.25) is 0 Å². The number of phenolic OH excluding ortho intramolecular Hbond substituents is 1. The van der Waals surface area contributed by atoms with Crippen molar-refractivity contribution in [3.63, 3.8) is 0 Å². The number of hydrogen-bond acceptors (Lipinski definition) is 7. The van der Waals surface area contributed by atoms with Gasteiger partial charge in [-0.2, -0.15) is 0 Å². The number of rotatable bonds is 16. The molecular weight excluding hydrogens is 516 g/mol. The maximum absolute atomic E-state index is 12.9. The molecule has 2 aromatic carbocycles. The van der Waals surface area contributed by atoms with E-state index < -0.39 is 48.3 Å². The molecule has 0 saturated carbocycles. The van der Waals surface area contributed by atoms with Crippen LogP contribution in [-0.2, 0) is 32.0 Å². The molecule has 0 aliphatic heterocycles. The lowest BCUT2D eigenvalue weighted by Crippen LogP contribution is -2.54. The molecular formula is C27H38N8O5. The Morgan fingerprint density at radius 1 is 0.825 bits per heavy atom. The van der Waals surface area contributed by atoms with Crippen molar-refractivity contribution in [2.24, 2.45) is 17.2 Å². The monoisotopic (exact) mass is 554 g/mol. The van der Waals surface area contributed by atoms with Crippen molar-refractivity contribution in [3.8, 4) is 5.75 Å². The molecule has 0 spiro atoms. The van der Waals surface area contributed by atoms with Crippen LogP contribution < -0.4 is 38.5 Å². The molecule has 216 valence electrons. The van der Waals surface area contributed by atoms with E-state index in [0.717, 1.165) is 11.1 Å². The van der Waals surface area contributed by atoms with Crippen molar-refractivity contribution < 1.29 is 24.3 Å². The fourth-order valence-electron chi connectivity index (χ4n) is 3.83. The number of primary amides is 1. The second-order valence-electron chi connectivity index (χ2n) is 9.29. The summed E-state index contributed by atoms with van der Waals surface area (Å²) >= 11 is 0. The van der Waals surface area contributed by atoms with E-state index in [-0.39, 0.29) is 31.1 Å². The minimum atomic E-state index is -1.02. The number of benzene rings is 2. The first-order chi connectivity index (χ1) is 19.0. The number of carbonyl (C=O) groups excluding carboxylic acids is 4. The van der Waals surface area contributed by atoms with Crippen LogP contribution in [0.4, 0.5) is 0 Å². The van der Waals surface area contributed by atoms with Gasteiger partial charge in [0.05, 0.1) is 12.6 Å². The number of aromatic hydroxyl groups is 1. The van der Waals surface area contributed by atoms with E-state index >= 15 is 0 Å². The molecule has 0 heterocycles. The summed E-state index contributed by atoms with van der Waals surface area (Å²) < 4.78 is 0. The van der Waals surface area contributed by atoms with Crippen LogP contribution >= 0.6 is 0 Å². The molecule has 0 aliphatic carbocycles. The average molecular weight is 555 g/mol. The number of aryl methyl sites for hydroxylation is 1. The third-order valence-electron chi connectivity index (χ3n) is 6.01. The molecule has 2 rings (SSSR count). The van der Waals surface area contributed by atoms with Gasteiger partial charge in [-0.3, -0.25) is 24.6 Å². The van der Waals surface area contributed by atoms with Gasteiger partial charge in [0.2, 0.25) is 23.6 Å². The molecule has 40 heavy (non-hydrogen) atoms. The van der Waals surface area contributed by atoms with Crippen LogP contribution in [-0.4, -0.2) is 65.9 Å². The van der Waals surface area contributed by atoms with Gasteiger partial charge in [-0.05, 0) is 55.4 Å². The number of amides is 4. The summed E-state index contributed by atoms with van der Waals surface area (Å²) in [7, 11) is 0. The Labute approximate surface area is 232 Å². The number of guanidine groups is 1. The highest BCUT2D eigenvalue weighted by Gasteiger charge is 2.25. The predicted octanol–water partition coefficient (Wildman–Crippen LogP) is -1.27. The number of nitrogens with two attached hydrogens (primary N) is 3. The van der Waals surface area contributed by atoms with E-state index in [4.69, 9.17) is 22.6 Å². The first-order valence-electron chi connectivity index (χ1n) is 12.9. The minimum Gasteiger partial charge on any atom is -0.508 e. The Bertz CT molecular complexity index is 1140. The van der Waals surface area contributed by atoms with Gasteiger partial charge in [-0.15, -0.1) is 0 Å². The maximum atomic E-state index is 12.9.